The summed E-state index contributed by atoms with van der Waals surface area (Å²) in [5.41, 5.74) is 8.01. The van der Waals surface area contributed by atoms with E-state index in [0.29, 0.717) is 0 Å². The van der Waals surface area contributed by atoms with Crippen molar-refractivity contribution in [3.63, 3.8) is 0 Å². The molecule has 4 rings (SSSR count). The standard InChI is InChI=1S/C23H42N8O2/c24-21-19-22-23(25-20-21)31(12-10-27-3-7-29(8-4-27)16-18-33)14-13-30(22)11-9-26-1-5-28(6-2-26)15-17-32/h19-20,32-33H,1-18,24H2. The predicted octanol–water partition coefficient (Wildman–Crippen LogP) is -1.49. The number of hydrogen-bond acceptors (Lipinski definition) is 10. The molecule has 0 amide bonds. The number of piperazine rings is 2. The number of nitrogens with zero attached hydrogens (tertiary/aromatic N) is 7. The average Bonchev–Trinajstić information content (AvgIpc) is 2.84. The van der Waals surface area contributed by atoms with E-state index < -0.39 is 0 Å². The predicted molar refractivity (Wildman–Crippen MR) is 133 cm³/mol. The van der Waals surface area contributed by atoms with Crippen molar-refractivity contribution >= 4 is 17.2 Å². The first-order valence-corrected chi connectivity index (χ1v) is 12.5. The molecule has 1 aromatic heterocycles. The van der Waals surface area contributed by atoms with Crippen molar-refractivity contribution in [2.45, 2.75) is 0 Å². The van der Waals surface area contributed by atoms with Gasteiger partial charge in [0.15, 0.2) is 5.82 Å². The van der Waals surface area contributed by atoms with Gasteiger partial charge in [0, 0.05) is 105 Å². The van der Waals surface area contributed by atoms with E-state index in [1.54, 1.807) is 6.20 Å². The van der Waals surface area contributed by atoms with E-state index in [0.717, 1.165) is 122 Å². The summed E-state index contributed by atoms with van der Waals surface area (Å²) < 4.78 is 0. The van der Waals surface area contributed by atoms with E-state index in [9.17, 15) is 0 Å². The zero-order chi connectivity index (χ0) is 23.0. The molecule has 2 fully saturated rings. The minimum absolute atomic E-state index is 0.245. The molecule has 3 aliphatic heterocycles. The molecule has 10 nitrogen and oxygen atoms in total. The van der Waals surface area contributed by atoms with Crippen molar-refractivity contribution in [2.75, 3.05) is 133 Å². The second kappa shape index (κ2) is 12.1. The minimum atomic E-state index is 0.245. The van der Waals surface area contributed by atoms with Crippen LogP contribution in [0.1, 0.15) is 0 Å². The van der Waals surface area contributed by atoms with Gasteiger partial charge >= 0.3 is 0 Å². The smallest absolute Gasteiger partial charge is 0.152 e. The van der Waals surface area contributed by atoms with Gasteiger partial charge in [-0.2, -0.15) is 0 Å². The Bertz CT molecular complexity index is 722. The monoisotopic (exact) mass is 462 g/mol. The van der Waals surface area contributed by atoms with Crippen LogP contribution in [0, 0.1) is 0 Å². The number of hydrogen-bond donors (Lipinski definition) is 3. The highest BCUT2D eigenvalue weighted by molar-refractivity contribution is 5.72. The highest BCUT2D eigenvalue weighted by atomic mass is 16.3. The molecule has 0 aromatic carbocycles. The third-order valence-corrected chi connectivity index (χ3v) is 7.28. The number of aromatic nitrogens is 1. The maximum atomic E-state index is 9.14. The van der Waals surface area contributed by atoms with Crippen molar-refractivity contribution < 1.29 is 10.2 Å². The Morgan fingerprint density at radius 3 is 1.61 bits per heavy atom. The summed E-state index contributed by atoms with van der Waals surface area (Å²) in [4.78, 5) is 19.3. The molecule has 33 heavy (non-hydrogen) atoms. The van der Waals surface area contributed by atoms with Gasteiger partial charge in [0.05, 0.1) is 30.8 Å². The molecular formula is C23H42N8O2. The van der Waals surface area contributed by atoms with Crippen molar-refractivity contribution in [2.24, 2.45) is 0 Å². The number of pyridine rings is 1. The van der Waals surface area contributed by atoms with Crippen LogP contribution in [0.4, 0.5) is 17.2 Å². The lowest BCUT2D eigenvalue weighted by Crippen LogP contribution is -2.51. The van der Waals surface area contributed by atoms with Gasteiger partial charge in [0.2, 0.25) is 0 Å². The van der Waals surface area contributed by atoms with Crippen molar-refractivity contribution in [1.29, 1.82) is 0 Å². The average molecular weight is 463 g/mol. The first kappa shape index (κ1) is 24.4. The Hall–Kier alpha value is -1.69. The molecule has 3 aliphatic rings. The molecular weight excluding hydrogens is 420 g/mol. The molecule has 10 heteroatoms. The van der Waals surface area contributed by atoms with Gasteiger partial charge < -0.3 is 25.7 Å². The second-order valence-corrected chi connectivity index (χ2v) is 9.40. The van der Waals surface area contributed by atoms with E-state index in [2.05, 4.69) is 35.5 Å². The van der Waals surface area contributed by atoms with Gasteiger partial charge in [0.1, 0.15) is 0 Å². The van der Waals surface area contributed by atoms with E-state index in [1.807, 2.05) is 0 Å². The highest BCUT2D eigenvalue weighted by Gasteiger charge is 2.26. The van der Waals surface area contributed by atoms with Crippen molar-refractivity contribution in [3.05, 3.63) is 12.3 Å². The van der Waals surface area contributed by atoms with Crippen LogP contribution < -0.4 is 15.5 Å². The molecule has 0 spiro atoms. The number of rotatable bonds is 10. The molecule has 1 aromatic rings. The molecule has 2 saturated heterocycles. The highest BCUT2D eigenvalue weighted by Crippen LogP contribution is 2.32. The third-order valence-electron chi connectivity index (χ3n) is 7.28. The van der Waals surface area contributed by atoms with Gasteiger partial charge in [-0.1, -0.05) is 0 Å². The molecule has 0 saturated carbocycles. The van der Waals surface area contributed by atoms with Crippen LogP contribution in [0.3, 0.4) is 0 Å². The van der Waals surface area contributed by atoms with Crippen LogP contribution in [0.15, 0.2) is 12.3 Å². The zero-order valence-corrected chi connectivity index (χ0v) is 20.0. The first-order valence-electron chi connectivity index (χ1n) is 12.5. The first-order chi connectivity index (χ1) is 16.2. The fourth-order valence-corrected chi connectivity index (χ4v) is 5.14. The van der Waals surface area contributed by atoms with Crippen LogP contribution in [-0.2, 0) is 0 Å². The largest absolute Gasteiger partial charge is 0.397 e. The Labute approximate surface area is 198 Å². The molecule has 186 valence electrons. The van der Waals surface area contributed by atoms with Gasteiger partial charge in [-0.15, -0.1) is 0 Å². The van der Waals surface area contributed by atoms with E-state index in [4.69, 9.17) is 20.9 Å². The Balaban J connectivity index is 1.28. The van der Waals surface area contributed by atoms with Crippen molar-refractivity contribution in [1.82, 2.24) is 24.6 Å². The molecule has 0 aliphatic carbocycles. The summed E-state index contributed by atoms with van der Waals surface area (Å²) in [5.74, 6) is 1.06. The second-order valence-electron chi connectivity index (χ2n) is 9.40. The van der Waals surface area contributed by atoms with E-state index in [-0.39, 0.29) is 13.2 Å². The fourth-order valence-electron chi connectivity index (χ4n) is 5.14. The van der Waals surface area contributed by atoms with Crippen LogP contribution in [0.2, 0.25) is 0 Å². The molecule has 4 N–H and O–H groups in total. The van der Waals surface area contributed by atoms with Gasteiger partial charge in [-0.25, -0.2) is 4.98 Å². The molecule has 0 unspecified atom stereocenters. The summed E-state index contributed by atoms with van der Waals surface area (Å²) >= 11 is 0. The van der Waals surface area contributed by atoms with Crippen LogP contribution in [0.5, 0.6) is 0 Å². The number of nitrogen functional groups attached to an aromatic ring is 1. The van der Waals surface area contributed by atoms with Gasteiger partial charge in [-0.3, -0.25) is 19.6 Å². The van der Waals surface area contributed by atoms with Crippen molar-refractivity contribution in [3.8, 4) is 0 Å². The molecule has 0 radical (unpaired) electrons. The summed E-state index contributed by atoms with van der Waals surface area (Å²) in [5, 5.41) is 18.3. The van der Waals surface area contributed by atoms with E-state index >= 15 is 0 Å². The quantitative estimate of drug-likeness (QED) is 0.381. The van der Waals surface area contributed by atoms with Gasteiger partial charge in [0.25, 0.3) is 0 Å². The minimum Gasteiger partial charge on any atom is -0.397 e. The maximum absolute atomic E-state index is 9.14. The normalized spacial score (nSPS) is 21.5. The number of fused-ring (bicyclic) bond motifs is 1. The lowest BCUT2D eigenvalue weighted by molar-refractivity contribution is 0.114. The summed E-state index contributed by atoms with van der Waals surface area (Å²) in [6.07, 6.45) is 1.78. The maximum Gasteiger partial charge on any atom is 0.152 e. The number of β-amino-alcohol motifs (C(OH)–C–C–N with tert-alkyl or cyclic N) is 2. The molecule has 4 heterocycles. The SMILES string of the molecule is Nc1cnc2c(c1)N(CCN1CCN(CCO)CC1)CCN2CCN1CCN(CCO)CC1. The lowest BCUT2D eigenvalue weighted by atomic mass is 10.2. The Morgan fingerprint density at radius 1 is 0.636 bits per heavy atom. The number of aliphatic hydroxyl groups is 2. The third kappa shape index (κ3) is 6.68. The van der Waals surface area contributed by atoms with E-state index in [1.165, 1.54) is 0 Å². The number of nitrogens with two attached hydrogens (primary N) is 1. The Morgan fingerprint density at radius 2 is 1.09 bits per heavy atom. The lowest BCUT2D eigenvalue weighted by Gasteiger charge is -2.41. The summed E-state index contributed by atoms with van der Waals surface area (Å²) in [7, 11) is 0. The van der Waals surface area contributed by atoms with Crippen LogP contribution in [0.25, 0.3) is 0 Å². The van der Waals surface area contributed by atoms with Crippen LogP contribution >= 0.6 is 0 Å². The summed E-state index contributed by atoms with van der Waals surface area (Å²) in [6.45, 7) is 16.5. The topological polar surface area (TPSA) is 98.8 Å². The number of anilines is 3. The number of aliphatic hydroxyl groups excluding tert-OH is 2. The summed E-state index contributed by atoms with van der Waals surface area (Å²) in [6, 6.07) is 2.08. The van der Waals surface area contributed by atoms with Gasteiger partial charge in [-0.05, 0) is 6.07 Å². The molecule has 0 atom stereocenters. The van der Waals surface area contributed by atoms with Crippen LogP contribution in [-0.4, -0.2) is 153 Å². The fraction of sp³-hybridized carbons (Fsp3) is 0.783. The Kier molecular flexibility index (Phi) is 8.99. The molecule has 0 bridgehead atoms. The zero-order valence-electron chi connectivity index (χ0n) is 20.0.